The Morgan fingerprint density at radius 3 is 2.65 bits per heavy atom. The first-order chi connectivity index (χ1) is 11.0. The number of primary amides is 1. The van der Waals surface area contributed by atoms with Crippen molar-refractivity contribution in [2.45, 2.75) is 38.6 Å². The molecule has 1 aliphatic rings. The van der Waals surface area contributed by atoms with E-state index in [1.165, 1.54) is 0 Å². The maximum atomic E-state index is 12.8. The highest BCUT2D eigenvalue weighted by Crippen LogP contribution is 2.26. The lowest BCUT2D eigenvalue weighted by atomic mass is 9.90. The Hall–Kier alpha value is -1.88. The number of piperidine rings is 1. The fourth-order valence-corrected chi connectivity index (χ4v) is 3.25. The molecule has 126 valence electrons. The number of amides is 2. The molecule has 2 rings (SSSR count). The molecule has 23 heavy (non-hydrogen) atoms. The molecule has 0 saturated carbocycles. The molecule has 1 aliphatic heterocycles. The van der Waals surface area contributed by atoms with Crippen molar-refractivity contribution in [3.05, 3.63) is 35.9 Å². The molecule has 1 fully saturated rings. The van der Waals surface area contributed by atoms with E-state index in [2.05, 4.69) is 0 Å². The molecule has 0 aromatic heterocycles. The topological polar surface area (TPSA) is 89.4 Å². The van der Waals surface area contributed by atoms with Gasteiger partial charge in [0.2, 0.25) is 11.8 Å². The second kappa shape index (κ2) is 8.11. The van der Waals surface area contributed by atoms with Crippen LogP contribution in [0.2, 0.25) is 0 Å². The average Bonchev–Trinajstić information content (AvgIpc) is 2.59. The van der Waals surface area contributed by atoms with Crippen LogP contribution in [0.15, 0.2) is 30.3 Å². The van der Waals surface area contributed by atoms with Gasteiger partial charge in [-0.3, -0.25) is 9.59 Å². The van der Waals surface area contributed by atoms with Crippen molar-refractivity contribution in [1.82, 2.24) is 4.90 Å². The van der Waals surface area contributed by atoms with E-state index < -0.39 is 0 Å². The van der Waals surface area contributed by atoms with Gasteiger partial charge < -0.3 is 16.4 Å². The summed E-state index contributed by atoms with van der Waals surface area (Å²) in [6.07, 6.45) is 3.18. The summed E-state index contributed by atoms with van der Waals surface area (Å²) in [7, 11) is 0. The highest BCUT2D eigenvalue weighted by molar-refractivity contribution is 5.79. The molecule has 0 aliphatic carbocycles. The number of likely N-dealkylation sites (tertiary alicyclic amines) is 1. The summed E-state index contributed by atoms with van der Waals surface area (Å²) in [6, 6.07) is 9.44. The molecule has 0 spiro atoms. The number of benzene rings is 1. The molecule has 1 heterocycles. The van der Waals surface area contributed by atoms with Crippen molar-refractivity contribution in [3.63, 3.8) is 0 Å². The standard InChI is InChI=1S/C18H27N3O2/c1-13(17(20)15-7-3-2-4-8-15)18(23)21-11-5-6-14(12-21)9-10-16(19)22/h2-4,7-8,13-14,17H,5-6,9-12,20H2,1H3,(H2,19,22). The minimum atomic E-state index is -0.297. The first-order valence-corrected chi connectivity index (χ1v) is 8.36. The predicted octanol–water partition coefficient (Wildman–Crippen LogP) is 1.83. The molecule has 1 aromatic rings. The Kier molecular flexibility index (Phi) is 6.16. The molecule has 5 heteroatoms. The lowest BCUT2D eigenvalue weighted by Crippen LogP contribution is -2.44. The van der Waals surface area contributed by atoms with Gasteiger partial charge >= 0.3 is 0 Å². The lowest BCUT2D eigenvalue weighted by Gasteiger charge is -2.35. The molecule has 3 atom stereocenters. The molecular formula is C18H27N3O2. The van der Waals surface area contributed by atoms with Gasteiger partial charge in [0, 0.05) is 25.6 Å². The zero-order valence-electron chi connectivity index (χ0n) is 13.8. The molecule has 5 nitrogen and oxygen atoms in total. The summed E-state index contributed by atoms with van der Waals surface area (Å²) in [5, 5.41) is 0. The number of carbonyl (C=O) groups is 2. The predicted molar refractivity (Wildman–Crippen MR) is 90.3 cm³/mol. The van der Waals surface area contributed by atoms with Gasteiger partial charge in [0.1, 0.15) is 0 Å². The number of hydrogen-bond acceptors (Lipinski definition) is 3. The average molecular weight is 317 g/mol. The van der Waals surface area contributed by atoms with E-state index >= 15 is 0 Å². The summed E-state index contributed by atoms with van der Waals surface area (Å²) in [5.74, 6) is -0.0642. The van der Waals surface area contributed by atoms with E-state index in [1.807, 2.05) is 42.2 Å². The van der Waals surface area contributed by atoms with Gasteiger partial charge in [0.15, 0.2) is 0 Å². The number of hydrogen-bond donors (Lipinski definition) is 2. The van der Waals surface area contributed by atoms with Gasteiger partial charge in [-0.2, -0.15) is 0 Å². The van der Waals surface area contributed by atoms with Crippen LogP contribution in [0, 0.1) is 11.8 Å². The highest BCUT2D eigenvalue weighted by atomic mass is 16.2. The summed E-state index contributed by atoms with van der Waals surface area (Å²) in [6.45, 7) is 3.38. The number of nitrogens with zero attached hydrogens (tertiary/aromatic N) is 1. The SMILES string of the molecule is CC(C(=O)N1CCCC(CCC(N)=O)C1)C(N)c1ccccc1. The van der Waals surface area contributed by atoms with Gasteiger partial charge in [-0.15, -0.1) is 0 Å². The van der Waals surface area contributed by atoms with E-state index in [4.69, 9.17) is 11.5 Å². The van der Waals surface area contributed by atoms with Crippen molar-refractivity contribution in [3.8, 4) is 0 Å². The maximum Gasteiger partial charge on any atom is 0.227 e. The van der Waals surface area contributed by atoms with Crippen LogP contribution in [-0.4, -0.2) is 29.8 Å². The monoisotopic (exact) mass is 317 g/mol. The Morgan fingerprint density at radius 1 is 1.30 bits per heavy atom. The van der Waals surface area contributed by atoms with Crippen molar-refractivity contribution >= 4 is 11.8 Å². The van der Waals surface area contributed by atoms with Gasteiger partial charge in [-0.1, -0.05) is 37.3 Å². The van der Waals surface area contributed by atoms with Crippen LogP contribution >= 0.6 is 0 Å². The minimum absolute atomic E-state index is 0.102. The van der Waals surface area contributed by atoms with Crippen molar-refractivity contribution < 1.29 is 9.59 Å². The molecular weight excluding hydrogens is 290 g/mol. The maximum absolute atomic E-state index is 12.8. The van der Waals surface area contributed by atoms with Gasteiger partial charge in [0.25, 0.3) is 0 Å². The summed E-state index contributed by atoms with van der Waals surface area (Å²) < 4.78 is 0. The normalized spacial score (nSPS) is 20.8. The third-order valence-electron chi connectivity index (χ3n) is 4.74. The summed E-state index contributed by atoms with van der Waals surface area (Å²) >= 11 is 0. The fourth-order valence-electron chi connectivity index (χ4n) is 3.25. The summed E-state index contributed by atoms with van der Waals surface area (Å²) in [5.41, 5.74) is 12.5. The molecule has 0 bridgehead atoms. The smallest absolute Gasteiger partial charge is 0.227 e. The molecule has 2 amide bonds. The summed E-state index contributed by atoms with van der Waals surface area (Å²) in [4.78, 5) is 25.6. The van der Waals surface area contributed by atoms with Gasteiger partial charge in [0.05, 0.1) is 5.92 Å². The number of nitrogens with two attached hydrogens (primary N) is 2. The van der Waals surface area contributed by atoms with Crippen molar-refractivity contribution in [2.75, 3.05) is 13.1 Å². The fraction of sp³-hybridized carbons (Fsp3) is 0.556. The van der Waals surface area contributed by atoms with Crippen LogP contribution < -0.4 is 11.5 Å². The zero-order valence-corrected chi connectivity index (χ0v) is 13.8. The van der Waals surface area contributed by atoms with Crippen LogP contribution in [0.25, 0.3) is 0 Å². The van der Waals surface area contributed by atoms with E-state index in [0.717, 1.165) is 31.4 Å². The largest absolute Gasteiger partial charge is 0.370 e. The van der Waals surface area contributed by atoms with Crippen LogP contribution in [0.1, 0.15) is 44.2 Å². The Balaban J connectivity index is 1.94. The third kappa shape index (κ3) is 4.79. The highest BCUT2D eigenvalue weighted by Gasteiger charge is 2.30. The molecule has 1 aromatic carbocycles. The van der Waals surface area contributed by atoms with Crippen LogP contribution in [-0.2, 0) is 9.59 Å². The Morgan fingerprint density at radius 2 is 2.00 bits per heavy atom. The lowest BCUT2D eigenvalue weighted by molar-refractivity contribution is -0.137. The van der Waals surface area contributed by atoms with E-state index in [0.29, 0.717) is 18.9 Å². The van der Waals surface area contributed by atoms with E-state index in [1.54, 1.807) is 0 Å². The number of carbonyl (C=O) groups excluding carboxylic acids is 2. The number of rotatable bonds is 6. The molecule has 4 N–H and O–H groups in total. The van der Waals surface area contributed by atoms with Crippen LogP contribution in [0.5, 0.6) is 0 Å². The van der Waals surface area contributed by atoms with Crippen LogP contribution in [0.3, 0.4) is 0 Å². The van der Waals surface area contributed by atoms with E-state index in [-0.39, 0.29) is 23.8 Å². The van der Waals surface area contributed by atoms with Crippen molar-refractivity contribution in [2.24, 2.45) is 23.3 Å². The zero-order chi connectivity index (χ0) is 16.8. The Labute approximate surface area is 138 Å². The molecule has 1 saturated heterocycles. The third-order valence-corrected chi connectivity index (χ3v) is 4.74. The first-order valence-electron chi connectivity index (χ1n) is 8.36. The van der Waals surface area contributed by atoms with Crippen LogP contribution in [0.4, 0.5) is 0 Å². The second-order valence-electron chi connectivity index (χ2n) is 6.52. The quantitative estimate of drug-likeness (QED) is 0.838. The molecule has 0 radical (unpaired) electrons. The second-order valence-corrected chi connectivity index (χ2v) is 6.52. The minimum Gasteiger partial charge on any atom is -0.370 e. The van der Waals surface area contributed by atoms with Gasteiger partial charge in [-0.25, -0.2) is 0 Å². The Bertz CT molecular complexity index is 532. The van der Waals surface area contributed by atoms with Crippen molar-refractivity contribution in [1.29, 1.82) is 0 Å². The van der Waals surface area contributed by atoms with E-state index in [9.17, 15) is 9.59 Å². The first kappa shape index (κ1) is 17.5. The van der Waals surface area contributed by atoms with Gasteiger partial charge in [-0.05, 0) is 30.7 Å². The molecule has 3 unspecified atom stereocenters.